The molecule has 3 N–H and O–H groups in total. The highest BCUT2D eigenvalue weighted by molar-refractivity contribution is 6.21. The molecule has 0 aliphatic carbocycles. The Labute approximate surface area is 219 Å². The Hall–Kier alpha value is -5.29. The van der Waals surface area contributed by atoms with Crippen molar-refractivity contribution in [1.82, 2.24) is 9.55 Å². The third-order valence-electron chi connectivity index (χ3n) is 7.11. The third-order valence-corrected chi connectivity index (χ3v) is 7.11. The van der Waals surface area contributed by atoms with Crippen molar-refractivity contribution in [3.8, 4) is 5.82 Å². The molecule has 2 aromatic heterocycles. The molecule has 0 saturated carbocycles. The Kier molecular flexibility index (Phi) is 5.01. The first-order valence-electron chi connectivity index (χ1n) is 12.5. The van der Waals surface area contributed by atoms with E-state index in [2.05, 4.69) is 64.2 Å². The van der Waals surface area contributed by atoms with Crippen molar-refractivity contribution in [2.75, 3.05) is 0 Å². The first kappa shape index (κ1) is 21.9. The number of hydrogen-bond donors (Lipinski definition) is 2. The van der Waals surface area contributed by atoms with Crippen molar-refractivity contribution < 1.29 is 0 Å². The van der Waals surface area contributed by atoms with Gasteiger partial charge in [0.2, 0.25) is 0 Å². The number of aliphatic imine (C=N–C) groups is 1. The zero-order valence-electron chi connectivity index (χ0n) is 20.5. The van der Waals surface area contributed by atoms with E-state index in [1.165, 1.54) is 21.5 Å². The number of fused-ring (bicyclic) bond motifs is 6. The summed E-state index contributed by atoms with van der Waals surface area (Å²) in [4.78, 5) is 9.21. The molecule has 180 valence electrons. The molecule has 2 heterocycles. The third kappa shape index (κ3) is 3.44. The topological polar surface area (TPSA) is 80.1 Å². The Morgan fingerprint density at radius 2 is 1.37 bits per heavy atom. The monoisotopic (exact) mass is 489 g/mol. The second kappa shape index (κ2) is 8.68. The molecule has 5 heteroatoms. The minimum absolute atomic E-state index is 0.0882. The van der Waals surface area contributed by atoms with E-state index < -0.39 is 0 Å². The summed E-state index contributed by atoms with van der Waals surface area (Å²) in [6.45, 7) is 0. The van der Waals surface area contributed by atoms with Gasteiger partial charge >= 0.3 is 0 Å². The maximum absolute atomic E-state index is 8.77. The normalized spacial score (nSPS) is 12.1. The van der Waals surface area contributed by atoms with E-state index in [-0.39, 0.29) is 5.84 Å². The van der Waals surface area contributed by atoms with Crippen LogP contribution in [-0.2, 0) is 0 Å². The Morgan fingerprint density at radius 3 is 2.21 bits per heavy atom. The molecular formula is C33H23N5. The van der Waals surface area contributed by atoms with Crippen LogP contribution in [0.5, 0.6) is 0 Å². The fourth-order valence-electron chi connectivity index (χ4n) is 5.37. The highest BCUT2D eigenvalue weighted by Crippen LogP contribution is 2.36. The summed E-state index contributed by atoms with van der Waals surface area (Å²) in [7, 11) is 0. The molecule has 5 nitrogen and oxygen atoms in total. The second-order valence-corrected chi connectivity index (χ2v) is 9.31. The molecule has 38 heavy (non-hydrogen) atoms. The second-order valence-electron chi connectivity index (χ2n) is 9.31. The number of hydrogen-bond acceptors (Lipinski definition) is 2. The zero-order chi connectivity index (χ0) is 25.6. The summed E-state index contributed by atoms with van der Waals surface area (Å²) >= 11 is 0. The van der Waals surface area contributed by atoms with E-state index in [1.807, 2.05) is 54.6 Å². The van der Waals surface area contributed by atoms with Crippen LogP contribution in [0.2, 0.25) is 0 Å². The van der Waals surface area contributed by atoms with Crippen LogP contribution in [0.3, 0.4) is 0 Å². The molecule has 0 amide bonds. The molecule has 0 aliphatic heterocycles. The Bertz CT molecular complexity index is 2060. The minimum atomic E-state index is 0.0882. The van der Waals surface area contributed by atoms with Crippen LogP contribution < -0.4 is 5.73 Å². The fourth-order valence-corrected chi connectivity index (χ4v) is 5.37. The Balaban J connectivity index is 1.37. The lowest BCUT2D eigenvalue weighted by Crippen LogP contribution is -2.16. The molecule has 0 unspecified atom stereocenters. The van der Waals surface area contributed by atoms with Crippen LogP contribution >= 0.6 is 0 Å². The Morgan fingerprint density at radius 1 is 0.684 bits per heavy atom. The predicted molar refractivity (Wildman–Crippen MR) is 158 cm³/mol. The predicted octanol–water partition coefficient (Wildman–Crippen LogP) is 7.22. The fraction of sp³-hybridized carbons (Fsp3) is 0. The van der Waals surface area contributed by atoms with Crippen molar-refractivity contribution in [2.45, 2.75) is 0 Å². The first-order valence-corrected chi connectivity index (χ1v) is 12.5. The lowest BCUT2D eigenvalue weighted by molar-refractivity contribution is 1.08. The lowest BCUT2D eigenvalue weighted by Gasteiger charge is -2.10. The maximum atomic E-state index is 8.77. The van der Waals surface area contributed by atoms with Crippen LogP contribution in [0.1, 0.15) is 11.1 Å². The molecule has 0 aliphatic rings. The zero-order valence-corrected chi connectivity index (χ0v) is 20.5. The van der Waals surface area contributed by atoms with Crippen molar-refractivity contribution in [3.05, 3.63) is 133 Å². The average Bonchev–Trinajstić information content (AvgIpc) is 3.32. The van der Waals surface area contributed by atoms with Gasteiger partial charge in [0.15, 0.2) is 5.84 Å². The van der Waals surface area contributed by atoms with Crippen molar-refractivity contribution in [2.24, 2.45) is 10.7 Å². The standard InChI is InChI=1S/C33H23N5/c34-32(37-33(35)26-14-7-10-21-8-1-3-11-24(21)26)23-18-19-36-30(20-23)38-28-15-6-5-13-27(28)31-25-12-4-2-9-22(25)16-17-29(31)38/h1-20H,(H3,34,35,37). The van der Waals surface area contributed by atoms with Gasteiger partial charge in [-0.1, -0.05) is 91.0 Å². The van der Waals surface area contributed by atoms with Crippen LogP contribution in [0.15, 0.2) is 126 Å². The quantitative estimate of drug-likeness (QED) is 0.203. The summed E-state index contributed by atoms with van der Waals surface area (Å²) in [5, 5.41) is 15.6. The number of amidine groups is 2. The number of nitrogens with one attached hydrogen (secondary N) is 1. The van der Waals surface area contributed by atoms with Gasteiger partial charge in [0.25, 0.3) is 0 Å². The van der Waals surface area contributed by atoms with Gasteiger partial charge in [-0.25, -0.2) is 9.98 Å². The van der Waals surface area contributed by atoms with Gasteiger partial charge in [-0.2, -0.15) is 0 Å². The molecule has 7 aromatic rings. The smallest absolute Gasteiger partial charge is 0.154 e. The molecule has 5 aromatic carbocycles. The SMILES string of the molecule is N=C(N=C(N)c1cccc2ccccc12)c1ccnc(-n2c3ccccc3c3c4ccccc4ccc32)c1. The van der Waals surface area contributed by atoms with Crippen molar-refractivity contribution in [1.29, 1.82) is 5.41 Å². The van der Waals surface area contributed by atoms with Crippen LogP contribution in [0.25, 0.3) is 49.2 Å². The maximum Gasteiger partial charge on any atom is 0.154 e. The summed E-state index contributed by atoms with van der Waals surface area (Å²) in [5.74, 6) is 1.13. The van der Waals surface area contributed by atoms with Crippen LogP contribution in [0.4, 0.5) is 0 Å². The molecule has 0 fully saturated rings. The van der Waals surface area contributed by atoms with E-state index in [4.69, 9.17) is 16.1 Å². The molecule has 0 saturated heterocycles. The molecule has 7 rings (SSSR count). The number of nitrogens with two attached hydrogens (primary N) is 1. The molecule has 0 atom stereocenters. The minimum Gasteiger partial charge on any atom is -0.383 e. The van der Waals surface area contributed by atoms with Gasteiger partial charge in [-0.05, 0) is 45.8 Å². The van der Waals surface area contributed by atoms with E-state index in [0.29, 0.717) is 11.4 Å². The van der Waals surface area contributed by atoms with Gasteiger partial charge in [-0.15, -0.1) is 0 Å². The van der Waals surface area contributed by atoms with E-state index >= 15 is 0 Å². The van der Waals surface area contributed by atoms with E-state index in [1.54, 1.807) is 12.3 Å². The summed E-state index contributed by atoms with van der Waals surface area (Å²) in [6, 6.07) is 38.8. The number of benzene rings is 5. The summed E-state index contributed by atoms with van der Waals surface area (Å²) in [5.41, 5.74) is 10.0. The number of rotatable bonds is 3. The summed E-state index contributed by atoms with van der Waals surface area (Å²) < 4.78 is 2.16. The lowest BCUT2D eigenvalue weighted by atomic mass is 10.0. The van der Waals surface area contributed by atoms with Gasteiger partial charge in [0, 0.05) is 28.1 Å². The van der Waals surface area contributed by atoms with Gasteiger partial charge in [0.1, 0.15) is 11.7 Å². The molecule has 0 radical (unpaired) electrons. The molecular weight excluding hydrogens is 466 g/mol. The van der Waals surface area contributed by atoms with Gasteiger partial charge in [-0.3, -0.25) is 9.98 Å². The highest BCUT2D eigenvalue weighted by Gasteiger charge is 2.16. The first-order chi connectivity index (χ1) is 18.7. The van der Waals surface area contributed by atoms with Crippen molar-refractivity contribution in [3.63, 3.8) is 0 Å². The average molecular weight is 490 g/mol. The largest absolute Gasteiger partial charge is 0.383 e. The van der Waals surface area contributed by atoms with E-state index in [9.17, 15) is 0 Å². The number of pyridine rings is 1. The van der Waals surface area contributed by atoms with Gasteiger partial charge in [0.05, 0.1) is 11.0 Å². The van der Waals surface area contributed by atoms with E-state index in [0.717, 1.165) is 33.2 Å². The number of aromatic nitrogens is 2. The van der Waals surface area contributed by atoms with Crippen LogP contribution in [0, 0.1) is 5.41 Å². The molecule has 0 bridgehead atoms. The highest BCUT2D eigenvalue weighted by atomic mass is 15.1. The number of para-hydroxylation sites is 1. The van der Waals surface area contributed by atoms with Crippen molar-refractivity contribution >= 4 is 55.0 Å². The van der Waals surface area contributed by atoms with Crippen LogP contribution in [-0.4, -0.2) is 21.2 Å². The van der Waals surface area contributed by atoms with Gasteiger partial charge < -0.3 is 5.73 Å². The summed E-state index contributed by atoms with van der Waals surface area (Å²) in [6.07, 6.45) is 1.73. The number of nitrogens with zero attached hydrogens (tertiary/aromatic N) is 3. The molecule has 0 spiro atoms.